The van der Waals surface area contributed by atoms with Crippen LogP contribution in [0, 0.1) is 0 Å². The Bertz CT molecular complexity index is 650. The third kappa shape index (κ3) is 9.05. The molecule has 0 unspecified atom stereocenters. The Morgan fingerprint density at radius 3 is 2.67 bits per heavy atom. The number of hydrogen-bond acceptors (Lipinski definition) is 5. The van der Waals surface area contributed by atoms with Crippen molar-refractivity contribution in [3.05, 3.63) is 42.5 Å². The number of nitrogens with zero attached hydrogens (tertiary/aromatic N) is 4. The number of aryl methyl sites for hydroxylation is 1. The van der Waals surface area contributed by atoms with Gasteiger partial charge in [0.15, 0.2) is 5.96 Å². The molecule has 0 aliphatic carbocycles. The van der Waals surface area contributed by atoms with E-state index in [9.17, 15) is 0 Å². The van der Waals surface area contributed by atoms with Crippen LogP contribution in [-0.2, 0) is 17.7 Å². The lowest BCUT2D eigenvalue weighted by Crippen LogP contribution is -2.41. The van der Waals surface area contributed by atoms with Gasteiger partial charge in [0.2, 0.25) is 0 Å². The third-order valence-corrected chi connectivity index (χ3v) is 3.63. The second kappa shape index (κ2) is 14.2. The molecule has 1 aromatic heterocycles. The molecule has 2 aromatic rings. The van der Waals surface area contributed by atoms with Crippen molar-refractivity contribution in [1.29, 1.82) is 0 Å². The van der Waals surface area contributed by atoms with Crippen molar-refractivity contribution in [1.82, 2.24) is 25.4 Å². The predicted octanol–water partition coefficient (Wildman–Crippen LogP) is 1.72. The van der Waals surface area contributed by atoms with Crippen molar-refractivity contribution in [2.75, 3.05) is 40.0 Å². The molecule has 8 nitrogen and oxygen atoms in total. The maximum atomic E-state index is 5.69. The molecule has 0 aliphatic rings. The summed E-state index contributed by atoms with van der Waals surface area (Å²) in [7, 11) is 1.67. The number of aromatic nitrogens is 3. The van der Waals surface area contributed by atoms with Gasteiger partial charge < -0.3 is 24.7 Å². The lowest BCUT2D eigenvalue weighted by molar-refractivity contribution is 0.208. The van der Waals surface area contributed by atoms with Gasteiger partial charge in [0.1, 0.15) is 24.5 Å². The third-order valence-electron chi connectivity index (χ3n) is 3.63. The predicted molar refractivity (Wildman–Crippen MR) is 117 cm³/mol. The van der Waals surface area contributed by atoms with Gasteiger partial charge in [-0.15, -0.1) is 34.2 Å². The molecule has 0 fully saturated rings. The highest BCUT2D eigenvalue weighted by atomic mass is 127. The fourth-order valence-electron chi connectivity index (χ4n) is 2.31. The Morgan fingerprint density at radius 2 is 1.93 bits per heavy atom. The molecule has 1 aromatic carbocycles. The molecule has 2 N–H and O–H groups in total. The van der Waals surface area contributed by atoms with Crippen molar-refractivity contribution in [3.8, 4) is 5.75 Å². The minimum Gasteiger partial charge on any atom is -0.492 e. The molecule has 0 saturated carbocycles. The molecule has 0 aliphatic heterocycles. The van der Waals surface area contributed by atoms with E-state index in [1.807, 2.05) is 34.9 Å². The normalized spacial score (nSPS) is 11.0. The summed E-state index contributed by atoms with van der Waals surface area (Å²) < 4.78 is 12.8. The zero-order valence-corrected chi connectivity index (χ0v) is 18.3. The van der Waals surface area contributed by atoms with Gasteiger partial charge in [0.25, 0.3) is 0 Å². The molecule has 27 heavy (non-hydrogen) atoms. The van der Waals surface area contributed by atoms with Crippen LogP contribution in [0.1, 0.15) is 12.7 Å². The fourth-order valence-corrected chi connectivity index (χ4v) is 2.31. The summed E-state index contributed by atoms with van der Waals surface area (Å²) in [4.78, 5) is 4.49. The van der Waals surface area contributed by atoms with Crippen LogP contribution < -0.4 is 15.4 Å². The van der Waals surface area contributed by atoms with E-state index in [0.717, 1.165) is 37.0 Å². The van der Waals surface area contributed by atoms with E-state index < -0.39 is 0 Å². The van der Waals surface area contributed by atoms with E-state index in [1.165, 1.54) is 0 Å². The Kier molecular flexibility index (Phi) is 12.2. The summed E-state index contributed by atoms with van der Waals surface area (Å²) in [5, 5.41) is 14.6. The quantitative estimate of drug-likeness (QED) is 0.217. The second-order valence-corrected chi connectivity index (χ2v) is 5.53. The molecule has 0 bridgehead atoms. The first-order chi connectivity index (χ1) is 12.8. The van der Waals surface area contributed by atoms with Crippen LogP contribution in [0.5, 0.6) is 5.75 Å². The average molecular weight is 488 g/mol. The van der Waals surface area contributed by atoms with Crippen LogP contribution in [0.15, 0.2) is 41.7 Å². The number of hydrogen-bond donors (Lipinski definition) is 2. The average Bonchev–Trinajstić information content (AvgIpc) is 3.13. The molecule has 1 heterocycles. The van der Waals surface area contributed by atoms with Gasteiger partial charge in [0, 0.05) is 26.6 Å². The molecule has 0 atom stereocenters. The number of aliphatic imine (C=N–C) groups is 1. The van der Waals surface area contributed by atoms with Crippen molar-refractivity contribution in [2.24, 2.45) is 4.99 Å². The van der Waals surface area contributed by atoms with Gasteiger partial charge in [-0.25, -0.2) is 0 Å². The standard InChI is InChI=1S/C18H28N6O2.HI/c1-3-17-23-22-15-24(17)12-9-19-18(20-10-13-25-2)21-11-14-26-16-7-5-4-6-8-16;/h4-8,15H,3,9-14H2,1-2H3,(H2,19,20,21);1H. The number of halogens is 1. The van der Waals surface area contributed by atoms with E-state index in [-0.39, 0.29) is 24.0 Å². The van der Waals surface area contributed by atoms with E-state index >= 15 is 0 Å². The van der Waals surface area contributed by atoms with Crippen LogP contribution in [0.3, 0.4) is 0 Å². The zero-order chi connectivity index (χ0) is 18.5. The molecule has 150 valence electrons. The monoisotopic (exact) mass is 488 g/mol. The summed E-state index contributed by atoms with van der Waals surface area (Å²) in [6.07, 6.45) is 2.62. The molecular weight excluding hydrogens is 459 g/mol. The number of methoxy groups -OCH3 is 1. The van der Waals surface area contributed by atoms with E-state index in [0.29, 0.717) is 26.3 Å². The smallest absolute Gasteiger partial charge is 0.191 e. The SMILES string of the molecule is CCc1nncn1CCNC(=NCCOC)NCCOc1ccccc1.I. The van der Waals surface area contributed by atoms with Crippen LogP contribution in [0.25, 0.3) is 0 Å². The number of guanidine groups is 1. The van der Waals surface area contributed by atoms with Crippen molar-refractivity contribution in [2.45, 2.75) is 19.9 Å². The first-order valence-electron chi connectivity index (χ1n) is 8.89. The van der Waals surface area contributed by atoms with Crippen LogP contribution in [-0.4, -0.2) is 60.7 Å². The number of nitrogens with one attached hydrogen (secondary N) is 2. The molecule has 0 amide bonds. The molecule has 0 saturated heterocycles. The van der Waals surface area contributed by atoms with Gasteiger partial charge in [-0.2, -0.15) is 0 Å². The first-order valence-corrected chi connectivity index (χ1v) is 8.89. The van der Waals surface area contributed by atoms with E-state index in [4.69, 9.17) is 9.47 Å². The second-order valence-electron chi connectivity index (χ2n) is 5.53. The summed E-state index contributed by atoms with van der Waals surface area (Å²) in [6.45, 7) is 5.96. The van der Waals surface area contributed by atoms with Crippen molar-refractivity contribution >= 4 is 29.9 Å². The fraction of sp³-hybridized carbons (Fsp3) is 0.500. The van der Waals surface area contributed by atoms with E-state index in [1.54, 1.807) is 13.4 Å². The maximum Gasteiger partial charge on any atom is 0.191 e. The summed E-state index contributed by atoms with van der Waals surface area (Å²) >= 11 is 0. The lowest BCUT2D eigenvalue weighted by atomic mass is 10.3. The highest BCUT2D eigenvalue weighted by Gasteiger charge is 2.03. The van der Waals surface area contributed by atoms with Gasteiger partial charge in [0.05, 0.1) is 19.7 Å². The number of benzene rings is 1. The largest absolute Gasteiger partial charge is 0.492 e. The summed E-state index contributed by atoms with van der Waals surface area (Å²) in [6, 6.07) is 9.76. The maximum absolute atomic E-state index is 5.69. The summed E-state index contributed by atoms with van der Waals surface area (Å²) in [5.74, 6) is 2.58. The first kappa shape index (κ1) is 23.2. The van der Waals surface area contributed by atoms with E-state index in [2.05, 4.69) is 32.7 Å². The van der Waals surface area contributed by atoms with Gasteiger partial charge in [-0.3, -0.25) is 4.99 Å². The minimum atomic E-state index is 0. The highest BCUT2D eigenvalue weighted by molar-refractivity contribution is 14.0. The van der Waals surface area contributed by atoms with Crippen LogP contribution in [0.2, 0.25) is 0 Å². The Balaban J connectivity index is 0.00000364. The van der Waals surface area contributed by atoms with Crippen molar-refractivity contribution < 1.29 is 9.47 Å². The Labute approximate surface area is 177 Å². The lowest BCUT2D eigenvalue weighted by Gasteiger charge is -2.14. The summed E-state index contributed by atoms with van der Waals surface area (Å²) in [5.41, 5.74) is 0. The Morgan fingerprint density at radius 1 is 1.15 bits per heavy atom. The molecule has 2 rings (SSSR count). The highest BCUT2D eigenvalue weighted by Crippen LogP contribution is 2.07. The van der Waals surface area contributed by atoms with Crippen LogP contribution >= 0.6 is 24.0 Å². The van der Waals surface area contributed by atoms with Gasteiger partial charge >= 0.3 is 0 Å². The molecule has 0 radical (unpaired) electrons. The number of para-hydroxylation sites is 1. The number of ether oxygens (including phenoxy) is 2. The van der Waals surface area contributed by atoms with Gasteiger partial charge in [-0.1, -0.05) is 25.1 Å². The Hall–Kier alpha value is -1.88. The minimum absolute atomic E-state index is 0. The van der Waals surface area contributed by atoms with Crippen LogP contribution in [0.4, 0.5) is 0 Å². The zero-order valence-electron chi connectivity index (χ0n) is 15.9. The molecular formula is C18H29IN6O2. The van der Waals surface area contributed by atoms with Gasteiger partial charge in [-0.05, 0) is 12.1 Å². The molecule has 0 spiro atoms. The molecule has 9 heteroatoms. The van der Waals surface area contributed by atoms with Crippen molar-refractivity contribution in [3.63, 3.8) is 0 Å². The number of rotatable bonds is 11. The topological polar surface area (TPSA) is 85.6 Å².